The highest BCUT2D eigenvalue weighted by molar-refractivity contribution is 8.15. The molecule has 7 nitrogen and oxygen atoms in total. The zero-order valence-electron chi connectivity index (χ0n) is 14.1. The van der Waals surface area contributed by atoms with Gasteiger partial charge in [0, 0.05) is 25.2 Å². The number of hydrogen-bond acceptors (Lipinski definition) is 6. The predicted molar refractivity (Wildman–Crippen MR) is 97.1 cm³/mol. The number of amidine groups is 1. The summed E-state index contributed by atoms with van der Waals surface area (Å²) in [6, 6.07) is 7.16. The molecule has 134 valence electrons. The van der Waals surface area contributed by atoms with Crippen LogP contribution in [0.3, 0.4) is 0 Å². The smallest absolute Gasteiger partial charge is 0.262 e. The summed E-state index contributed by atoms with van der Waals surface area (Å²) >= 11 is 1.36. The molecule has 0 aliphatic carbocycles. The molecule has 0 radical (unpaired) electrons. The molecule has 0 spiro atoms. The van der Waals surface area contributed by atoms with Crippen LogP contribution in [0.2, 0.25) is 0 Å². The molecular formula is C17H21N3O4S. The number of morpholine rings is 1. The summed E-state index contributed by atoms with van der Waals surface area (Å²) in [5.74, 6) is 0.312. The Morgan fingerprint density at radius 1 is 1.36 bits per heavy atom. The third-order valence-electron chi connectivity index (χ3n) is 3.83. The normalized spacial score (nSPS) is 20.4. The van der Waals surface area contributed by atoms with E-state index in [0.29, 0.717) is 30.7 Å². The minimum atomic E-state index is -0.458. The van der Waals surface area contributed by atoms with Crippen LogP contribution in [0.15, 0.2) is 29.3 Å². The number of aliphatic imine (C=N–C) groups is 1. The number of anilines is 1. The average Bonchev–Trinajstić information content (AvgIpc) is 2.98. The SMILES string of the molecule is CCOc1ccc(NC(=O)CC2SC(N3CCOCC3)=NC2=O)cc1. The van der Waals surface area contributed by atoms with Gasteiger partial charge in [0.25, 0.3) is 5.91 Å². The third kappa shape index (κ3) is 4.73. The van der Waals surface area contributed by atoms with Crippen molar-refractivity contribution in [2.24, 2.45) is 4.99 Å². The monoisotopic (exact) mass is 363 g/mol. The van der Waals surface area contributed by atoms with E-state index in [0.717, 1.165) is 18.8 Å². The summed E-state index contributed by atoms with van der Waals surface area (Å²) in [5, 5.41) is 3.05. The number of carbonyl (C=O) groups is 2. The van der Waals surface area contributed by atoms with Crippen LogP contribution in [0.1, 0.15) is 13.3 Å². The number of benzene rings is 1. The van der Waals surface area contributed by atoms with Gasteiger partial charge < -0.3 is 19.7 Å². The van der Waals surface area contributed by atoms with Crippen LogP contribution >= 0.6 is 11.8 Å². The molecule has 1 aromatic rings. The minimum Gasteiger partial charge on any atom is -0.494 e. The molecule has 0 bridgehead atoms. The van der Waals surface area contributed by atoms with Crippen molar-refractivity contribution < 1.29 is 19.1 Å². The van der Waals surface area contributed by atoms with Gasteiger partial charge in [0.2, 0.25) is 5.91 Å². The summed E-state index contributed by atoms with van der Waals surface area (Å²) in [6.45, 7) is 5.24. The quantitative estimate of drug-likeness (QED) is 0.858. The first-order valence-electron chi connectivity index (χ1n) is 8.30. The largest absolute Gasteiger partial charge is 0.494 e. The van der Waals surface area contributed by atoms with E-state index < -0.39 is 5.25 Å². The van der Waals surface area contributed by atoms with Gasteiger partial charge in [-0.05, 0) is 31.2 Å². The summed E-state index contributed by atoms with van der Waals surface area (Å²) in [6.07, 6.45) is 0.105. The maximum Gasteiger partial charge on any atom is 0.262 e. The predicted octanol–water partition coefficient (Wildman–Crippen LogP) is 1.74. The molecule has 2 aliphatic rings. The van der Waals surface area contributed by atoms with Crippen LogP contribution < -0.4 is 10.1 Å². The Morgan fingerprint density at radius 3 is 2.76 bits per heavy atom. The van der Waals surface area contributed by atoms with E-state index in [1.54, 1.807) is 24.3 Å². The average molecular weight is 363 g/mol. The number of nitrogens with zero attached hydrogens (tertiary/aromatic N) is 2. The first-order valence-corrected chi connectivity index (χ1v) is 9.18. The van der Waals surface area contributed by atoms with Crippen molar-refractivity contribution in [1.82, 2.24) is 4.90 Å². The second kappa shape index (κ2) is 8.35. The van der Waals surface area contributed by atoms with Gasteiger partial charge in [-0.3, -0.25) is 9.59 Å². The van der Waals surface area contributed by atoms with E-state index in [2.05, 4.69) is 10.3 Å². The second-order valence-electron chi connectivity index (χ2n) is 5.65. The number of carbonyl (C=O) groups excluding carboxylic acids is 2. The van der Waals surface area contributed by atoms with Crippen LogP contribution in [0.5, 0.6) is 5.75 Å². The highest BCUT2D eigenvalue weighted by Gasteiger charge is 2.33. The van der Waals surface area contributed by atoms with Crippen molar-refractivity contribution in [3.8, 4) is 5.75 Å². The number of thioether (sulfide) groups is 1. The molecule has 1 saturated heterocycles. The van der Waals surface area contributed by atoms with Crippen LogP contribution in [-0.4, -0.2) is 60.0 Å². The summed E-state index contributed by atoms with van der Waals surface area (Å²) in [5.41, 5.74) is 0.679. The topological polar surface area (TPSA) is 80.2 Å². The van der Waals surface area contributed by atoms with E-state index in [-0.39, 0.29) is 18.2 Å². The number of hydrogen-bond donors (Lipinski definition) is 1. The third-order valence-corrected chi connectivity index (χ3v) is 5.04. The molecule has 2 amide bonds. The van der Waals surface area contributed by atoms with Crippen LogP contribution in [-0.2, 0) is 14.3 Å². The van der Waals surface area contributed by atoms with Crippen molar-refractivity contribution >= 4 is 34.4 Å². The maximum atomic E-state index is 12.2. The highest BCUT2D eigenvalue weighted by atomic mass is 32.2. The molecule has 1 unspecified atom stereocenters. The molecule has 2 aliphatic heterocycles. The Hall–Kier alpha value is -2.06. The van der Waals surface area contributed by atoms with E-state index >= 15 is 0 Å². The van der Waals surface area contributed by atoms with Crippen molar-refractivity contribution in [2.45, 2.75) is 18.6 Å². The lowest BCUT2D eigenvalue weighted by Gasteiger charge is -2.27. The second-order valence-corrected chi connectivity index (χ2v) is 6.82. The van der Waals surface area contributed by atoms with E-state index in [1.165, 1.54) is 11.8 Å². The number of rotatable bonds is 5. The fraction of sp³-hybridized carbons (Fsp3) is 0.471. The van der Waals surface area contributed by atoms with Crippen molar-refractivity contribution in [1.29, 1.82) is 0 Å². The zero-order valence-corrected chi connectivity index (χ0v) is 14.9. The van der Waals surface area contributed by atoms with Crippen molar-refractivity contribution in [2.75, 3.05) is 38.2 Å². The Kier molecular flexibility index (Phi) is 5.93. The summed E-state index contributed by atoms with van der Waals surface area (Å²) in [7, 11) is 0. The van der Waals surface area contributed by atoms with Crippen LogP contribution in [0.25, 0.3) is 0 Å². The molecule has 1 fully saturated rings. The number of amides is 2. The molecular weight excluding hydrogens is 342 g/mol. The Labute approximate surface area is 150 Å². The summed E-state index contributed by atoms with van der Waals surface area (Å²) < 4.78 is 10.7. The lowest BCUT2D eigenvalue weighted by atomic mass is 10.2. The lowest BCUT2D eigenvalue weighted by Crippen LogP contribution is -2.39. The van der Waals surface area contributed by atoms with E-state index in [9.17, 15) is 9.59 Å². The molecule has 8 heteroatoms. The molecule has 0 aromatic heterocycles. The van der Waals surface area contributed by atoms with Gasteiger partial charge in [0.1, 0.15) is 11.0 Å². The van der Waals surface area contributed by atoms with Gasteiger partial charge in [0.15, 0.2) is 5.17 Å². The van der Waals surface area contributed by atoms with Crippen LogP contribution in [0.4, 0.5) is 5.69 Å². The molecule has 1 N–H and O–H groups in total. The van der Waals surface area contributed by atoms with Crippen LogP contribution in [0, 0.1) is 0 Å². The zero-order chi connectivity index (χ0) is 17.6. The Bertz CT molecular complexity index is 656. The first kappa shape index (κ1) is 17.8. The standard InChI is InChI=1S/C17H21N3O4S/c1-2-24-13-5-3-12(4-6-13)18-15(21)11-14-16(22)19-17(25-14)20-7-9-23-10-8-20/h3-6,14H,2,7-11H2,1H3,(H,18,21). The first-order chi connectivity index (χ1) is 12.2. The molecule has 1 aromatic carbocycles. The maximum absolute atomic E-state index is 12.2. The Balaban J connectivity index is 1.50. The number of ether oxygens (including phenoxy) is 2. The minimum absolute atomic E-state index is 0.105. The van der Waals surface area contributed by atoms with Crippen molar-refractivity contribution in [3.63, 3.8) is 0 Å². The van der Waals surface area contributed by atoms with Crippen molar-refractivity contribution in [3.05, 3.63) is 24.3 Å². The van der Waals surface area contributed by atoms with Gasteiger partial charge >= 0.3 is 0 Å². The molecule has 3 rings (SSSR count). The lowest BCUT2D eigenvalue weighted by molar-refractivity contribution is -0.121. The van der Waals surface area contributed by atoms with Gasteiger partial charge in [0.05, 0.1) is 19.8 Å². The van der Waals surface area contributed by atoms with E-state index in [4.69, 9.17) is 9.47 Å². The van der Waals surface area contributed by atoms with Gasteiger partial charge in [-0.1, -0.05) is 11.8 Å². The highest BCUT2D eigenvalue weighted by Crippen LogP contribution is 2.28. The summed E-state index contributed by atoms with van der Waals surface area (Å²) in [4.78, 5) is 30.4. The van der Waals surface area contributed by atoms with E-state index in [1.807, 2.05) is 11.8 Å². The van der Waals surface area contributed by atoms with Gasteiger partial charge in [-0.25, -0.2) is 0 Å². The Morgan fingerprint density at radius 2 is 2.08 bits per heavy atom. The fourth-order valence-corrected chi connectivity index (χ4v) is 3.70. The van der Waals surface area contributed by atoms with Gasteiger partial charge in [-0.15, -0.1) is 0 Å². The molecule has 0 saturated carbocycles. The number of nitrogens with one attached hydrogen (secondary N) is 1. The fourth-order valence-electron chi connectivity index (χ4n) is 2.58. The van der Waals surface area contributed by atoms with Gasteiger partial charge in [-0.2, -0.15) is 4.99 Å². The molecule has 1 atom stereocenters. The molecule has 25 heavy (non-hydrogen) atoms. The molecule has 2 heterocycles.